The number of rotatable bonds is 1. The molecule has 6 heavy (non-hydrogen) atoms. The van der Waals surface area contributed by atoms with Crippen molar-refractivity contribution >= 4 is 19.0 Å². The van der Waals surface area contributed by atoms with E-state index < -0.39 is 8.48 Å². The third-order valence-corrected chi connectivity index (χ3v) is 4.73. The molecule has 2 nitrogen and oxygen atoms in total. The Balaban J connectivity index is 3.17. The van der Waals surface area contributed by atoms with E-state index in [1.54, 1.807) is 0 Å². The van der Waals surface area contributed by atoms with Crippen molar-refractivity contribution in [1.82, 2.24) is 0 Å². The molecule has 0 aliphatic heterocycles. The Bertz CT molecular complexity index is 41.3. The normalized spacial score (nSPS) is 12.5. The second kappa shape index (κ2) is 1.88. The van der Waals surface area contributed by atoms with Crippen LogP contribution in [0.3, 0.4) is 0 Å². The highest BCUT2D eigenvalue weighted by Gasteiger charge is 2.09. The largest absolute Gasteiger partial charge is 0.453 e. The Morgan fingerprint density at radius 2 is 1.83 bits per heavy atom. The Hall–Kier alpha value is 0.354. The fourth-order valence-electron chi connectivity index (χ4n) is 0. The van der Waals surface area contributed by atoms with E-state index in [1.807, 2.05) is 13.1 Å². The molecule has 0 aromatic rings. The van der Waals surface area contributed by atoms with Crippen LogP contribution in [-0.4, -0.2) is 19.0 Å². The summed E-state index contributed by atoms with van der Waals surface area (Å²) in [6.07, 6.45) is 0. The van der Waals surface area contributed by atoms with Crippen molar-refractivity contribution < 1.29 is 4.12 Å². The first kappa shape index (κ1) is 6.35. The van der Waals surface area contributed by atoms with E-state index in [1.165, 1.54) is 0 Å². The van der Waals surface area contributed by atoms with Crippen LogP contribution in [0.15, 0.2) is 0 Å². The van der Waals surface area contributed by atoms with E-state index in [-0.39, 0.29) is 0 Å². The van der Waals surface area contributed by atoms with Gasteiger partial charge in [-0.25, -0.2) is 0 Å². The van der Waals surface area contributed by atoms with Gasteiger partial charge in [-0.15, -0.1) is 0 Å². The minimum absolute atomic E-state index is 0.785. The van der Waals surface area contributed by atoms with Crippen LogP contribution >= 0.6 is 0 Å². The summed E-state index contributed by atoms with van der Waals surface area (Å²) in [7, 11) is -0.785. The fourth-order valence-corrected chi connectivity index (χ4v) is 0. The summed E-state index contributed by atoms with van der Waals surface area (Å²) in [6.45, 7) is 3.94. The third kappa shape index (κ3) is 4.35. The summed E-state index contributed by atoms with van der Waals surface area (Å²) in [5, 5.41) is 5.49. The summed E-state index contributed by atoms with van der Waals surface area (Å²) in [5.41, 5.74) is 0. The summed E-state index contributed by atoms with van der Waals surface area (Å²) < 4.78 is 4.99. The molecule has 0 aliphatic carbocycles. The Morgan fingerprint density at radius 1 is 1.67 bits per heavy atom. The molecule has 0 rings (SSSR count). The van der Waals surface area contributed by atoms with Crippen LogP contribution in [0.2, 0.25) is 13.1 Å². The van der Waals surface area contributed by atoms with Gasteiger partial charge in [-0.05, 0) is 13.1 Å². The summed E-state index contributed by atoms with van der Waals surface area (Å²) in [4.78, 5) is 0. The molecule has 0 fully saturated rings. The lowest BCUT2D eigenvalue weighted by molar-refractivity contribution is 0.612. The number of nitrogens with two attached hydrogens (primary N) is 1. The monoisotopic (exact) mass is 121 g/mol. The minimum Gasteiger partial charge on any atom is -0.453 e. The molecule has 4 heteroatoms. The first-order valence-corrected chi connectivity index (χ1v) is 5.70. The van der Waals surface area contributed by atoms with Crippen LogP contribution in [0.4, 0.5) is 0 Å². The Kier molecular flexibility index (Phi) is 1.99. The van der Waals surface area contributed by atoms with Crippen molar-refractivity contribution in [2.45, 2.75) is 13.1 Å². The van der Waals surface area contributed by atoms with Crippen molar-refractivity contribution in [3.63, 3.8) is 0 Å². The van der Waals surface area contributed by atoms with E-state index >= 15 is 0 Å². The van der Waals surface area contributed by atoms with Gasteiger partial charge in [0.2, 0.25) is 8.48 Å². The van der Waals surface area contributed by atoms with Crippen molar-refractivity contribution in [3.8, 4) is 0 Å². The van der Waals surface area contributed by atoms with Gasteiger partial charge in [0.25, 0.3) is 0 Å². The SMILES string of the molecule is C[Si](C)(N)O[SiH3]. The lowest BCUT2D eigenvalue weighted by Crippen LogP contribution is -2.41. The molecule has 0 aliphatic rings. The van der Waals surface area contributed by atoms with Crippen LogP contribution in [-0.2, 0) is 4.12 Å². The molecule has 0 spiro atoms. The number of hydrogen-bond acceptors (Lipinski definition) is 2. The predicted octanol–water partition coefficient (Wildman–Crippen LogP) is -1.06. The molecule has 0 unspecified atom stereocenters. The second-order valence-corrected chi connectivity index (χ2v) is 6.65. The van der Waals surface area contributed by atoms with E-state index in [2.05, 4.69) is 0 Å². The van der Waals surface area contributed by atoms with Gasteiger partial charge in [0, 0.05) is 0 Å². The Morgan fingerprint density at radius 3 is 1.83 bits per heavy atom. The predicted molar refractivity (Wildman–Crippen MR) is 32.7 cm³/mol. The van der Waals surface area contributed by atoms with E-state index in [0.29, 0.717) is 0 Å². The summed E-state index contributed by atoms with van der Waals surface area (Å²) >= 11 is 0. The zero-order valence-electron chi connectivity index (χ0n) is 4.49. The van der Waals surface area contributed by atoms with Gasteiger partial charge >= 0.3 is 0 Å². The molecule has 0 radical (unpaired) electrons. The van der Waals surface area contributed by atoms with Crippen molar-refractivity contribution in [2.75, 3.05) is 0 Å². The van der Waals surface area contributed by atoms with Gasteiger partial charge in [-0.3, -0.25) is 0 Å². The van der Waals surface area contributed by atoms with Crippen LogP contribution < -0.4 is 5.40 Å². The standard InChI is InChI=1S/C2H11NOSi2/c1-6(2,3)4-5/h3H2,1-2,5H3. The molecular weight excluding hydrogens is 110 g/mol. The van der Waals surface area contributed by atoms with Gasteiger partial charge in [-0.2, -0.15) is 0 Å². The maximum atomic E-state index is 5.49. The van der Waals surface area contributed by atoms with E-state index in [9.17, 15) is 0 Å². The number of hydrogen-bond donors (Lipinski definition) is 1. The topological polar surface area (TPSA) is 35.2 Å². The van der Waals surface area contributed by atoms with Gasteiger partial charge in [0.05, 0.1) is 0 Å². The molecule has 2 N–H and O–H groups in total. The van der Waals surface area contributed by atoms with Crippen LogP contribution in [0.5, 0.6) is 0 Å². The molecule has 0 aromatic carbocycles. The van der Waals surface area contributed by atoms with Crippen LogP contribution in [0.25, 0.3) is 0 Å². The van der Waals surface area contributed by atoms with E-state index in [4.69, 9.17) is 9.51 Å². The molecule has 0 atom stereocenters. The second-order valence-electron chi connectivity index (χ2n) is 1.81. The molecular formula is C2H11NOSi2. The zero-order chi connectivity index (χ0) is 5.21. The molecule has 0 amide bonds. The van der Waals surface area contributed by atoms with Crippen LogP contribution in [0, 0.1) is 0 Å². The van der Waals surface area contributed by atoms with Crippen molar-refractivity contribution in [2.24, 2.45) is 5.40 Å². The highest BCUT2D eigenvalue weighted by Crippen LogP contribution is 1.86. The fraction of sp³-hybridized carbons (Fsp3) is 1.00. The van der Waals surface area contributed by atoms with Gasteiger partial charge in [0.1, 0.15) is 10.5 Å². The molecule has 38 valence electrons. The molecule has 0 heterocycles. The molecule has 0 bridgehead atoms. The maximum absolute atomic E-state index is 5.49. The zero-order valence-corrected chi connectivity index (χ0v) is 7.49. The average molecular weight is 121 g/mol. The molecule has 0 aromatic heterocycles. The molecule has 0 saturated carbocycles. The lowest BCUT2D eigenvalue weighted by Gasteiger charge is -2.11. The Labute approximate surface area is 42.4 Å². The van der Waals surface area contributed by atoms with Gasteiger partial charge in [-0.1, -0.05) is 0 Å². The maximum Gasteiger partial charge on any atom is 0.248 e. The summed E-state index contributed by atoms with van der Waals surface area (Å²) in [6, 6.07) is 0. The summed E-state index contributed by atoms with van der Waals surface area (Å²) in [5.74, 6) is 0. The first-order valence-electron chi connectivity index (χ1n) is 1.90. The van der Waals surface area contributed by atoms with E-state index in [0.717, 1.165) is 10.5 Å². The lowest BCUT2D eigenvalue weighted by atomic mass is 11.9. The highest BCUT2D eigenvalue weighted by molar-refractivity contribution is 6.70. The average Bonchev–Trinajstić information content (AvgIpc) is 1.35. The highest BCUT2D eigenvalue weighted by atomic mass is 28.4. The molecule has 0 saturated heterocycles. The van der Waals surface area contributed by atoms with Gasteiger partial charge < -0.3 is 9.51 Å². The van der Waals surface area contributed by atoms with Crippen molar-refractivity contribution in [3.05, 3.63) is 0 Å². The first-order chi connectivity index (χ1) is 2.56. The third-order valence-electron chi connectivity index (χ3n) is 0.526. The quantitative estimate of drug-likeness (QED) is 0.449. The van der Waals surface area contributed by atoms with Crippen LogP contribution in [0.1, 0.15) is 0 Å². The van der Waals surface area contributed by atoms with Crippen molar-refractivity contribution in [1.29, 1.82) is 0 Å². The smallest absolute Gasteiger partial charge is 0.248 e. The minimum atomic E-state index is -1.57. The van der Waals surface area contributed by atoms with Gasteiger partial charge in [0.15, 0.2) is 0 Å².